The maximum atomic E-state index is 12.3. The standard InChI is InChI=1S/C16H23NO3.CH4/c1-5-13-10-15-14(9-11(13)2)17(7-6-8-19-4)16(18)12(3)20-15;/h9-10,12H,5-8H2,1-4H3;1H4. The fourth-order valence-electron chi connectivity index (χ4n) is 2.58. The zero-order valence-corrected chi connectivity index (χ0v) is 12.7. The highest BCUT2D eigenvalue weighted by Crippen LogP contribution is 2.36. The van der Waals surface area contributed by atoms with Crippen molar-refractivity contribution in [2.45, 2.75) is 47.1 Å². The van der Waals surface area contributed by atoms with Gasteiger partial charge < -0.3 is 14.4 Å². The number of methoxy groups -OCH3 is 1. The minimum Gasteiger partial charge on any atom is -0.479 e. The van der Waals surface area contributed by atoms with E-state index in [1.54, 1.807) is 14.0 Å². The van der Waals surface area contributed by atoms with E-state index in [4.69, 9.17) is 9.47 Å². The summed E-state index contributed by atoms with van der Waals surface area (Å²) in [5.41, 5.74) is 3.36. The van der Waals surface area contributed by atoms with Crippen molar-refractivity contribution in [3.05, 3.63) is 23.3 Å². The number of fused-ring (bicyclic) bond motifs is 1. The summed E-state index contributed by atoms with van der Waals surface area (Å²) in [6.45, 7) is 7.33. The van der Waals surface area contributed by atoms with Crippen LogP contribution in [0.15, 0.2) is 12.1 Å². The molecule has 0 saturated carbocycles. The van der Waals surface area contributed by atoms with Crippen molar-refractivity contribution in [2.75, 3.05) is 25.2 Å². The van der Waals surface area contributed by atoms with Gasteiger partial charge in [0, 0.05) is 20.3 Å². The molecule has 0 spiro atoms. The summed E-state index contributed by atoms with van der Waals surface area (Å²) in [6.07, 6.45) is 1.37. The van der Waals surface area contributed by atoms with Gasteiger partial charge in [0.2, 0.25) is 0 Å². The third-order valence-electron chi connectivity index (χ3n) is 3.74. The molecule has 0 N–H and O–H groups in total. The molecule has 4 heteroatoms. The molecular weight excluding hydrogens is 266 g/mol. The molecule has 0 fully saturated rings. The van der Waals surface area contributed by atoms with Gasteiger partial charge in [-0.15, -0.1) is 0 Å². The molecule has 2 rings (SSSR count). The third-order valence-corrected chi connectivity index (χ3v) is 3.74. The Bertz CT molecular complexity index is 499. The number of aryl methyl sites for hydroxylation is 2. The van der Waals surface area contributed by atoms with Gasteiger partial charge in [-0.2, -0.15) is 0 Å². The number of hydrogen-bond donors (Lipinski definition) is 0. The topological polar surface area (TPSA) is 38.8 Å². The lowest BCUT2D eigenvalue weighted by atomic mass is 10.0. The van der Waals surface area contributed by atoms with Crippen molar-refractivity contribution < 1.29 is 14.3 Å². The van der Waals surface area contributed by atoms with Crippen LogP contribution in [0.25, 0.3) is 0 Å². The Morgan fingerprint density at radius 1 is 1.38 bits per heavy atom. The Hall–Kier alpha value is -1.55. The summed E-state index contributed by atoms with van der Waals surface area (Å²) in [5.74, 6) is 0.842. The van der Waals surface area contributed by atoms with E-state index in [1.807, 2.05) is 4.90 Å². The van der Waals surface area contributed by atoms with Crippen LogP contribution in [0.2, 0.25) is 0 Å². The lowest BCUT2D eigenvalue weighted by Crippen LogP contribution is -2.45. The smallest absolute Gasteiger partial charge is 0.267 e. The minimum absolute atomic E-state index is 0. The molecule has 1 heterocycles. The van der Waals surface area contributed by atoms with Gasteiger partial charge in [-0.1, -0.05) is 14.4 Å². The van der Waals surface area contributed by atoms with Crippen molar-refractivity contribution in [1.82, 2.24) is 0 Å². The van der Waals surface area contributed by atoms with Crippen LogP contribution in [0.5, 0.6) is 5.75 Å². The van der Waals surface area contributed by atoms with Crippen LogP contribution >= 0.6 is 0 Å². The summed E-state index contributed by atoms with van der Waals surface area (Å²) >= 11 is 0. The summed E-state index contributed by atoms with van der Waals surface area (Å²) in [5, 5.41) is 0. The first-order chi connectivity index (χ1) is 9.58. The number of rotatable bonds is 5. The average molecular weight is 293 g/mol. The molecule has 0 aliphatic carbocycles. The molecule has 0 saturated heterocycles. The zero-order valence-electron chi connectivity index (χ0n) is 12.7. The quantitative estimate of drug-likeness (QED) is 0.782. The number of benzene rings is 1. The molecule has 1 aliphatic heterocycles. The second kappa shape index (κ2) is 7.46. The molecule has 1 aromatic carbocycles. The number of nitrogens with zero attached hydrogens (tertiary/aromatic N) is 1. The second-order valence-corrected chi connectivity index (χ2v) is 5.20. The molecule has 21 heavy (non-hydrogen) atoms. The van der Waals surface area contributed by atoms with E-state index in [0.29, 0.717) is 13.2 Å². The van der Waals surface area contributed by atoms with Crippen molar-refractivity contribution >= 4 is 11.6 Å². The van der Waals surface area contributed by atoms with Crippen LogP contribution in [-0.4, -0.2) is 32.3 Å². The second-order valence-electron chi connectivity index (χ2n) is 5.20. The average Bonchev–Trinajstić information content (AvgIpc) is 2.43. The normalized spacial score (nSPS) is 17.0. The molecule has 1 aromatic rings. The van der Waals surface area contributed by atoms with Gasteiger partial charge in [0.25, 0.3) is 5.91 Å². The van der Waals surface area contributed by atoms with E-state index < -0.39 is 6.10 Å². The van der Waals surface area contributed by atoms with Crippen LogP contribution in [0.3, 0.4) is 0 Å². The van der Waals surface area contributed by atoms with E-state index in [0.717, 1.165) is 24.3 Å². The van der Waals surface area contributed by atoms with Crippen LogP contribution in [0.4, 0.5) is 5.69 Å². The first-order valence-corrected chi connectivity index (χ1v) is 7.19. The first-order valence-electron chi connectivity index (χ1n) is 7.19. The van der Waals surface area contributed by atoms with Crippen molar-refractivity contribution in [3.63, 3.8) is 0 Å². The molecule has 0 radical (unpaired) electrons. The summed E-state index contributed by atoms with van der Waals surface area (Å²) < 4.78 is 10.8. The maximum absolute atomic E-state index is 12.3. The van der Waals surface area contributed by atoms with Gasteiger partial charge in [-0.25, -0.2) is 0 Å². The summed E-state index contributed by atoms with van der Waals surface area (Å²) in [7, 11) is 1.68. The highest BCUT2D eigenvalue weighted by atomic mass is 16.5. The molecule has 1 atom stereocenters. The van der Waals surface area contributed by atoms with Crippen LogP contribution in [-0.2, 0) is 16.0 Å². The van der Waals surface area contributed by atoms with Gasteiger partial charge in [0.15, 0.2) is 6.10 Å². The van der Waals surface area contributed by atoms with Gasteiger partial charge in [0.1, 0.15) is 5.75 Å². The molecule has 118 valence electrons. The number of carbonyl (C=O) groups excluding carboxylic acids is 1. The van der Waals surface area contributed by atoms with Gasteiger partial charge >= 0.3 is 0 Å². The Morgan fingerprint density at radius 3 is 2.71 bits per heavy atom. The van der Waals surface area contributed by atoms with Crippen LogP contribution in [0, 0.1) is 6.92 Å². The van der Waals surface area contributed by atoms with E-state index in [2.05, 4.69) is 26.0 Å². The van der Waals surface area contributed by atoms with Gasteiger partial charge in [-0.3, -0.25) is 4.79 Å². The summed E-state index contributed by atoms with van der Waals surface area (Å²) in [4.78, 5) is 14.1. The third kappa shape index (κ3) is 3.56. The van der Waals surface area contributed by atoms with Crippen molar-refractivity contribution in [3.8, 4) is 5.75 Å². The molecule has 4 nitrogen and oxygen atoms in total. The Labute approximate surface area is 128 Å². The minimum atomic E-state index is -0.419. The number of hydrogen-bond acceptors (Lipinski definition) is 3. The molecule has 1 amide bonds. The van der Waals surface area contributed by atoms with Crippen molar-refractivity contribution in [2.24, 2.45) is 0 Å². The fourth-order valence-corrected chi connectivity index (χ4v) is 2.58. The van der Waals surface area contributed by atoms with Crippen molar-refractivity contribution in [1.29, 1.82) is 0 Å². The highest BCUT2D eigenvalue weighted by Gasteiger charge is 2.31. The number of amides is 1. The first kappa shape index (κ1) is 17.5. The number of ether oxygens (including phenoxy) is 2. The maximum Gasteiger partial charge on any atom is 0.267 e. The predicted octanol–water partition coefficient (Wildman–Crippen LogP) is 3.34. The van der Waals surface area contributed by atoms with E-state index in [-0.39, 0.29) is 13.3 Å². The largest absolute Gasteiger partial charge is 0.479 e. The Kier molecular flexibility index (Phi) is 6.21. The fraction of sp³-hybridized carbons (Fsp3) is 0.588. The Morgan fingerprint density at radius 2 is 2.10 bits per heavy atom. The molecule has 0 aromatic heterocycles. The highest BCUT2D eigenvalue weighted by molar-refractivity contribution is 6.00. The van der Waals surface area contributed by atoms with Gasteiger partial charge in [0.05, 0.1) is 5.69 Å². The predicted molar refractivity (Wildman–Crippen MR) is 86.2 cm³/mol. The molecule has 0 bridgehead atoms. The number of anilines is 1. The molecular formula is C17H27NO3. The van der Waals surface area contributed by atoms with E-state index in [9.17, 15) is 4.79 Å². The Balaban J connectivity index is 0.00000220. The number of carbonyl (C=O) groups is 1. The zero-order chi connectivity index (χ0) is 14.7. The lowest BCUT2D eigenvalue weighted by molar-refractivity contribution is -0.125. The molecule has 1 unspecified atom stereocenters. The summed E-state index contributed by atoms with van der Waals surface area (Å²) in [6, 6.07) is 4.13. The monoisotopic (exact) mass is 293 g/mol. The van der Waals surface area contributed by atoms with E-state index >= 15 is 0 Å². The van der Waals surface area contributed by atoms with E-state index in [1.165, 1.54) is 11.1 Å². The van der Waals surface area contributed by atoms with Crippen LogP contribution < -0.4 is 9.64 Å². The van der Waals surface area contributed by atoms with Gasteiger partial charge in [-0.05, 0) is 49.9 Å². The van der Waals surface area contributed by atoms with Crippen LogP contribution in [0.1, 0.15) is 38.8 Å². The lowest BCUT2D eigenvalue weighted by Gasteiger charge is -2.33. The SMILES string of the molecule is C.CCc1cc2c(cc1C)N(CCCOC)C(=O)C(C)O2. The molecule has 1 aliphatic rings.